The minimum atomic E-state index is 0.320. The normalized spacial score (nSPS) is 22.6. The van der Waals surface area contributed by atoms with Gasteiger partial charge in [0.05, 0.1) is 36.1 Å². The Bertz CT molecular complexity index is 551. The molecular weight excluding hydrogens is 250 g/mol. The molecule has 0 spiro atoms. The zero-order valence-electron chi connectivity index (χ0n) is 12.1. The maximum absolute atomic E-state index is 6.12. The van der Waals surface area contributed by atoms with Gasteiger partial charge in [0.1, 0.15) is 0 Å². The van der Waals surface area contributed by atoms with Crippen LogP contribution >= 0.6 is 0 Å². The molecule has 4 nitrogen and oxygen atoms in total. The van der Waals surface area contributed by atoms with Crippen molar-refractivity contribution in [1.29, 1.82) is 0 Å². The highest BCUT2D eigenvalue weighted by molar-refractivity contribution is 5.74. The number of nitrogens with one attached hydrogen (secondary N) is 1. The van der Waals surface area contributed by atoms with Crippen molar-refractivity contribution in [3.05, 3.63) is 30.6 Å². The van der Waals surface area contributed by atoms with E-state index in [0.717, 1.165) is 38.0 Å². The van der Waals surface area contributed by atoms with E-state index in [2.05, 4.69) is 40.0 Å². The summed E-state index contributed by atoms with van der Waals surface area (Å²) in [6.45, 7) is 5.16. The molecule has 0 radical (unpaired) electrons. The molecule has 1 saturated heterocycles. The summed E-state index contributed by atoms with van der Waals surface area (Å²) < 4.78 is 8.33. The first kappa shape index (κ1) is 13.6. The van der Waals surface area contributed by atoms with Gasteiger partial charge in [0, 0.05) is 6.54 Å². The Morgan fingerprint density at radius 3 is 3.05 bits per heavy atom. The third-order valence-corrected chi connectivity index (χ3v) is 3.92. The van der Waals surface area contributed by atoms with E-state index >= 15 is 0 Å². The monoisotopic (exact) mass is 273 g/mol. The van der Waals surface area contributed by atoms with Crippen LogP contribution in [0.4, 0.5) is 0 Å². The molecule has 0 amide bonds. The second-order valence-corrected chi connectivity index (χ2v) is 5.55. The van der Waals surface area contributed by atoms with Crippen LogP contribution in [-0.2, 0) is 11.3 Å². The largest absolute Gasteiger partial charge is 0.372 e. The van der Waals surface area contributed by atoms with Gasteiger partial charge in [0.25, 0.3) is 0 Å². The van der Waals surface area contributed by atoms with Crippen molar-refractivity contribution >= 4 is 11.0 Å². The fourth-order valence-corrected chi connectivity index (χ4v) is 2.88. The molecule has 0 bridgehead atoms. The number of benzene rings is 1. The van der Waals surface area contributed by atoms with Gasteiger partial charge in [-0.1, -0.05) is 19.1 Å². The average molecular weight is 273 g/mol. The van der Waals surface area contributed by atoms with Gasteiger partial charge in [-0.25, -0.2) is 4.98 Å². The van der Waals surface area contributed by atoms with Crippen LogP contribution in [0.3, 0.4) is 0 Å². The number of imidazole rings is 1. The summed E-state index contributed by atoms with van der Waals surface area (Å²) in [5.41, 5.74) is 2.26. The number of rotatable bonds is 6. The summed E-state index contributed by atoms with van der Waals surface area (Å²) in [6, 6.07) is 8.27. The van der Waals surface area contributed by atoms with Gasteiger partial charge in [-0.3, -0.25) is 0 Å². The molecule has 108 valence electrons. The Labute approximate surface area is 120 Å². The summed E-state index contributed by atoms with van der Waals surface area (Å²) in [6.07, 6.45) is 6.11. The third-order valence-electron chi connectivity index (χ3n) is 3.92. The summed E-state index contributed by atoms with van der Waals surface area (Å²) in [5, 5.41) is 3.44. The van der Waals surface area contributed by atoms with E-state index in [-0.39, 0.29) is 0 Å². The van der Waals surface area contributed by atoms with Crippen molar-refractivity contribution in [2.24, 2.45) is 0 Å². The van der Waals surface area contributed by atoms with Crippen LogP contribution in [0.25, 0.3) is 11.0 Å². The molecule has 1 aliphatic rings. The Morgan fingerprint density at radius 2 is 2.15 bits per heavy atom. The molecule has 1 aromatic carbocycles. The molecule has 2 heterocycles. The van der Waals surface area contributed by atoms with E-state index in [0.29, 0.717) is 12.2 Å². The highest BCUT2D eigenvalue weighted by Crippen LogP contribution is 2.22. The number of hydrogen-bond acceptors (Lipinski definition) is 3. The quantitative estimate of drug-likeness (QED) is 0.822. The molecule has 4 heteroatoms. The lowest BCUT2D eigenvalue weighted by Gasteiger charge is -2.15. The third kappa shape index (κ3) is 3.02. The zero-order chi connectivity index (χ0) is 13.8. The van der Waals surface area contributed by atoms with Gasteiger partial charge in [-0.2, -0.15) is 0 Å². The lowest BCUT2D eigenvalue weighted by Crippen LogP contribution is -2.28. The molecule has 1 aliphatic heterocycles. The number of para-hydroxylation sites is 2. The van der Waals surface area contributed by atoms with E-state index in [4.69, 9.17) is 4.74 Å². The van der Waals surface area contributed by atoms with Crippen molar-refractivity contribution < 1.29 is 4.74 Å². The molecule has 0 aliphatic carbocycles. The Morgan fingerprint density at radius 1 is 1.30 bits per heavy atom. The summed E-state index contributed by atoms with van der Waals surface area (Å²) in [5.74, 6) is 0. The first-order valence-corrected chi connectivity index (χ1v) is 7.63. The van der Waals surface area contributed by atoms with Crippen LogP contribution < -0.4 is 5.32 Å². The van der Waals surface area contributed by atoms with E-state index < -0.39 is 0 Å². The second kappa shape index (κ2) is 6.37. The number of aromatic nitrogens is 2. The first-order chi connectivity index (χ1) is 9.86. The maximum atomic E-state index is 6.12. The Hall–Kier alpha value is -1.39. The Balaban J connectivity index is 1.56. The van der Waals surface area contributed by atoms with Crippen LogP contribution in [0.1, 0.15) is 26.2 Å². The minimum Gasteiger partial charge on any atom is -0.372 e. The van der Waals surface area contributed by atoms with Crippen LogP contribution in [0.15, 0.2) is 30.6 Å². The van der Waals surface area contributed by atoms with Gasteiger partial charge < -0.3 is 14.6 Å². The van der Waals surface area contributed by atoms with Gasteiger partial charge in [-0.15, -0.1) is 0 Å². The van der Waals surface area contributed by atoms with Crippen molar-refractivity contribution in [3.8, 4) is 0 Å². The number of nitrogens with zero attached hydrogens (tertiary/aromatic N) is 2. The lowest BCUT2D eigenvalue weighted by atomic mass is 10.2. The molecule has 2 atom stereocenters. The molecular formula is C16H23N3O. The average Bonchev–Trinajstić information content (AvgIpc) is 3.08. The predicted octanol–water partition coefficient (Wildman–Crippen LogP) is 2.58. The number of ether oxygens (including phenoxy) is 1. The highest BCUT2D eigenvalue weighted by atomic mass is 16.5. The molecule has 1 fully saturated rings. The summed E-state index contributed by atoms with van der Waals surface area (Å²) in [4.78, 5) is 4.44. The predicted molar refractivity (Wildman–Crippen MR) is 80.8 cm³/mol. The summed E-state index contributed by atoms with van der Waals surface area (Å²) in [7, 11) is 0. The number of fused-ring (bicyclic) bond motifs is 1. The number of hydrogen-bond donors (Lipinski definition) is 1. The standard InChI is InChI=1S/C16H23N3O/c1-2-9-17-10-13-7-8-14(20-13)11-19-12-18-15-5-3-4-6-16(15)19/h3-6,12-14,17H,2,7-11H2,1H3. The van der Waals surface area contributed by atoms with Crippen molar-refractivity contribution in [2.75, 3.05) is 13.1 Å². The van der Waals surface area contributed by atoms with Gasteiger partial charge in [0.2, 0.25) is 0 Å². The van der Waals surface area contributed by atoms with Crippen LogP contribution in [0.5, 0.6) is 0 Å². The molecule has 20 heavy (non-hydrogen) atoms. The smallest absolute Gasteiger partial charge is 0.0959 e. The van der Waals surface area contributed by atoms with E-state index in [1.165, 1.54) is 11.9 Å². The highest BCUT2D eigenvalue weighted by Gasteiger charge is 2.25. The fraction of sp³-hybridized carbons (Fsp3) is 0.562. The van der Waals surface area contributed by atoms with Crippen LogP contribution in [-0.4, -0.2) is 34.8 Å². The van der Waals surface area contributed by atoms with Gasteiger partial charge >= 0.3 is 0 Å². The zero-order valence-corrected chi connectivity index (χ0v) is 12.1. The van der Waals surface area contributed by atoms with E-state index in [1.54, 1.807) is 0 Å². The summed E-state index contributed by atoms with van der Waals surface area (Å²) >= 11 is 0. The molecule has 1 N–H and O–H groups in total. The lowest BCUT2D eigenvalue weighted by molar-refractivity contribution is 0.0368. The first-order valence-electron chi connectivity index (χ1n) is 7.63. The Kier molecular flexibility index (Phi) is 4.33. The SMILES string of the molecule is CCCNCC1CCC(Cn2cnc3ccccc32)O1. The van der Waals surface area contributed by atoms with Crippen molar-refractivity contribution in [2.45, 2.75) is 44.9 Å². The van der Waals surface area contributed by atoms with E-state index in [9.17, 15) is 0 Å². The van der Waals surface area contributed by atoms with Gasteiger partial charge in [-0.05, 0) is 37.9 Å². The minimum absolute atomic E-state index is 0.320. The molecule has 0 saturated carbocycles. The van der Waals surface area contributed by atoms with E-state index in [1.807, 2.05) is 12.4 Å². The van der Waals surface area contributed by atoms with Crippen molar-refractivity contribution in [3.63, 3.8) is 0 Å². The van der Waals surface area contributed by atoms with Crippen LogP contribution in [0, 0.1) is 0 Å². The second-order valence-electron chi connectivity index (χ2n) is 5.55. The fourth-order valence-electron chi connectivity index (χ4n) is 2.88. The van der Waals surface area contributed by atoms with Crippen LogP contribution in [0.2, 0.25) is 0 Å². The molecule has 3 rings (SSSR count). The maximum Gasteiger partial charge on any atom is 0.0959 e. The van der Waals surface area contributed by atoms with Gasteiger partial charge in [0.15, 0.2) is 0 Å². The van der Waals surface area contributed by atoms with Crippen molar-refractivity contribution in [1.82, 2.24) is 14.9 Å². The molecule has 1 aromatic heterocycles. The molecule has 2 aromatic rings. The topological polar surface area (TPSA) is 39.1 Å². The molecule has 2 unspecified atom stereocenters.